The van der Waals surface area contributed by atoms with E-state index in [1.54, 1.807) is 48.6 Å². The largest absolute Gasteiger partial charge is 0.497 e. The molecule has 2 N–H and O–H groups in total. The molecule has 1 aliphatic heterocycles. The first-order chi connectivity index (χ1) is 19.6. The first kappa shape index (κ1) is 26.2. The molecule has 6 rings (SSSR count). The highest BCUT2D eigenvalue weighted by Crippen LogP contribution is 2.40. The molecule has 5 aromatic rings. The molecule has 9 nitrogen and oxygen atoms in total. The molecule has 0 saturated carbocycles. The summed E-state index contributed by atoms with van der Waals surface area (Å²) in [5.41, 5.74) is 4.23. The highest BCUT2D eigenvalue weighted by molar-refractivity contribution is 6.31. The van der Waals surface area contributed by atoms with Gasteiger partial charge in [0.2, 0.25) is 0 Å². The summed E-state index contributed by atoms with van der Waals surface area (Å²) in [4.78, 5) is 7.20. The summed E-state index contributed by atoms with van der Waals surface area (Å²) in [6.45, 7) is 1.84. The standard InChI is InChI=1S/C30H30ClN5O4/c1-38-22-8-10-24(11-9-22)40-30(37)35-17-13-25-26-19-21(31)5-12-27(26)34-28(25)29(35)20-3-6-23(7-4-20)39-18-2-16-36-32-14-15-33-36/h3-12,14-15,19,29-30,34,37H,2,13,16-18H2,1H3. The summed E-state index contributed by atoms with van der Waals surface area (Å²) >= 11 is 6.35. The van der Waals surface area contributed by atoms with Crippen LogP contribution in [0.5, 0.6) is 17.2 Å². The Hall–Kier alpha value is -4.05. The third-order valence-electron chi connectivity index (χ3n) is 7.14. The van der Waals surface area contributed by atoms with Crippen LogP contribution >= 0.6 is 11.6 Å². The van der Waals surface area contributed by atoms with E-state index in [1.807, 2.05) is 47.4 Å². The fraction of sp³-hybridized carbons (Fsp3) is 0.267. The number of rotatable bonds is 10. The van der Waals surface area contributed by atoms with Gasteiger partial charge < -0.3 is 24.3 Å². The van der Waals surface area contributed by atoms with Crippen LogP contribution in [0.15, 0.2) is 79.1 Å². The molecule has 2 atom stereocenters. The Morgan fingerprint density at radius 3 is 2.48 bits per heavy atom. The van der Waals surface area contributed by atoms with Gasteiger partial charge in [-0.3, -0.25) is 0 Å². The fourth-order valence-electron chi connectivity index (χ4n) is 5.22. The van der Waals surface area contributed by atoms with Gasteiger partial charge in [0.15, 0.2) is 0 Å². The second kappa shape index (κ2) is 11.6. The van der Waals surface area contributed by atoms with Gasteiger partial charge in [0.1, 0.15) is 17.2 Å². The van der Waals surface area contributed by atoms with Crippen LogP contribution in [0.1, 0.15) is 29.3 Å². The normalized spacial score (nSPS) is 16.0. The second-order valence-corrected chi connectivity index (χ2v) is 10.0. The zero-order chi connectivity index (χ0) is 27.5. The maximum absolute atomic E-state index is 11.3. The lowest BCUT2D eigenvalue weighted by molar-refractivity contribution is -0.150. The number of fused-ring (bicyclic) bond motifs is 3. The molecule has 0 amide bonds. The quantitative estimate of drug-likeness (QED) is 0.179. The van der Waals surface area contributed by atoms with Gasteiger partial charge in [0.05, 0.1) is 38.7 Å². The highest BCUT2D eigenvalue weighted by Gasteiger charge is 2.36. The average molecular weight is 560 g/mol. The summed E-state index contributed by atoms with van der Waals surface area (Å²) in [6, 6.07) is 20.8. The number of H-pyrrole nitrogens is 1. The van der Waals surface area contributed by atoms with Crippen molar-refractivity contribution in [3.05, 3.63) is 101 Å². The molecule has 0 spiro atoms. The van der Waals surface area contributed by atoms with Crippen molar-refractivity contribution in [1.82, 2.24) is 24.9 Å². The molecule has 0 bridgehead atoms. The zero-order valence-corrected chi connectivity index (χ0v) is 22.8. The molecule has 0 fully saturated rings. The number of aryl methyl sites for hydroxylation is 1. The topological polar surface area (TPSA) is 97.7 Å². The van der Waals surface area contributed by atoms with Crippen LogP contribution in [0.4, 0.5) is 0 Å². The molecule has 3 aromatic carbocycles. The summed E-state index contributed by atoms with van der Waals surface area (Å²) in [5, 5.41) is 21.3. The maximum atomic E-state index is 11.3. The van der Waals surface area contributed by atoms with E-state index < -0.39 is 6.41 Å². The number of hydrogen-bond acceptors (Lipinski definition) is 7. The molecular weight excluding hydrogens is 530 g/mol. The summed E-state index contributed by atoms with van der Waals surface area (Å²) < 4.78 is 17.2. The smallest absolute Gasteiger partial charge is 0.260 e. The lowest BCUT2D eigenvalue weighted by Gasteiger charge is -2.38. The number of methoxy groups -OCH3 is 1. The van der Waals surface area contributed by atoms with Crippen LogP contribution in [-0.4, -0.2) is 56.7 Å². The van der Waals surface area contributed by atoms with Crippen LogP contribution in [0.2, 0.25) is 5.02 Å². The summed E-state index contributed by atoms with van der Waals surface area (Å²) in [6.07, 6.45) is 3.69. The summed E-state index contributed by atoms with van der Waals surface area (Å²) in [5.74, 6) is 2.05. The number of benzene rings is 3. The van der Waals surface area contributed by atoms with Crippen LogP contribution in [0.3, 0.4) is 0 Å². The zero-order valence-electron chi connectivity index (χ0n) is 22.0. The lowest BCUT2D eigenvalue weighted by atomic mass is 9.92. The van der Waals surface area contributed by atoms with Gasteiger partial charge in [-0.15, -0.1) is 0 Å². The van der Waals surface area contributed by atoms with Gasteiger partial charge in [0, 0.05) is 34.6 Å². The van der Waals surface area contributed by atoms with Crippen molar-refractivity contribution < 1.29 is 19.3 Å². The van der Waals surface area contributed by atoms with Crippen molar-refractivity contribution in [2.24, 2.45) is 0 Å². The van der Waals surface area contributed by atoms with E-state index in [0.29, 0.717) is 30.5 Å². The lowest BCUT2D eigenvalue weighted by Crippen LogP contribution is -2.46. The van der Waals surface area contributed by atoms with Gasteiger partial charge in [-0.25, -0.2) is 4.90 Å². The van der Waals surface area contributed by atoms with Gasteiger partial charge in [-0.05, 0) is 72.1 Å². The molecule has 3 heterocycles. The predicted octanol–water partition coefficient (Wildman–Crippen LogP) is 5.19. The molecule has 40 heavy (non-hydrogen) atoms. The third-order valence-corrected chi connectivity index (χ3v) is 7.38. The minimum atomic E-state index is -1.17. The minimum absolute atomic E-state index is 0.275. The number of nitrogens with one attached hydrogen (secondary N) is 1. The number of aliphatic hydroxyl groups is 1. The molecule has 0 saturated heterocycles. The maximum Gasteiger partial charge on any atom is 0.260 e. The molecule has 2 unspecified atom stereocenters. The molecule has 0 radical (unpaired) electrons. The molecule has 10 heteroatoms. The number of halogens is 1. The first-order valence-corrected chi connectivity index (χ1v) is 13.6. The van der Waals surface area contributed by atoms with E-state index in [1.165, 1.54) is 5.56 Å². The van der Waals surface area contributed by atoms with Crippen LogP contribution < -0.4 is 14.2 Å². The Morgan fingerprint density at radius 2 is 1.73 bits per heavy atom. The van der Waals surface area contributed by atoms with Gasteiger partial charge in [0.25, 0.3) is 6.41 Å². The Bertz CT molecular complexity index is 1550. The molecular formula is C30H30ClN5O4. The van der Waals surface area contributed by atoms with Gasteiger partial charge in [-0.1, -0.05) is 23.7 Å². The molecule has 206 valence electrons. The van der Waals surface area contributed by atoms with Crippen molar-refractivity contribution in [2.75, 3.05) is 20.3 Å². The number of aromatic amines is 1. The van der Waals surface area contributed by atoms with Crippen molar-refractivity contribution in [3.63, 3.8) is 0 Å². The van der Waals surface area contributed by atoms with E-state index in [4.69, 9.17) is 25.8 Å². The fourth-order valence-corrected chi connectivity index (χ4v) is 5.39. The number of nitrogens with zero attached hydrogens (tertiary/aromatic N) is 4. The second-order valence-electron chi connectivity index (χ2n) is 9.61. The van der Waals surface area contributed by atoms with Gasteiger partial charge >= 0.3 is 0 Å². The Balaban J connectivity index is 1.25. The Morgan fingerprint density at radius 1 is 1.00 bits per heavy atom. The van der Waals surface area contributed by atoms with E-state index in [0.717, 1.165) is 46.5 Å². The molecule has 2 aromatic heterocycles. The van der Waals surface area contributed by atoms with Crippen LogP contribution in [0, 0.1) is 0 Å². The van der Waals surface area contributed by atoms with Gasteiger partial charge in [-0.2, -0.15) is 15.0 Å². The Kier molecular flexibility index (Phi) is 7.59. The number of ether oxygens (including phenoxy) is 3. The Labute approximate surface area is 236 Å². The average Bonchev–Trinajstić information content (AvgIpc) is 3.63. The van der Waals surface area contributed by atoms with Crippen LogP contribution in [-0.2, 0) is 13.0 Å². The third kappa shape index (κ3) is 5.49. The highest BCUT2D eigenvalue weighted by atomic mass is 35.5. The number of hydrogen-bond donors (Lipinski definition) is 2. The van der Waals surface area contributed by atoms with Crippen molar-refractivity contribution in [1.29, 1.82) is 0 Å². The number of aromatic nitrogens is 4. The van der Waals surface area contributed by atoms with Crippen molar-refractivity contribution in [3.8, 4) is 17.2 Å². The van der Waals surface area contributed by atoms with E-state index in [2.05, 4.69) is 15.2 Å². The minimum Gasteiger partial charge on any atom is -0.497 e. The van der Waals surface area contributed by atoms with Crippen molar-refractivity contribution >= 4 is 22.5 Å². The molecule has 0 aliphatic carbocycles. The van der Waals surface area contributed by atoms with Crippen molar-refractivity contribution in [2.45, 2.75) is 31.8 Å². The SMILES string of the molecule is COc1ccc(OC(O)N2CCc3c([nH]c4ccc(Cl)cc34)C2c2ccc(OCCCn3nccn3)cc2)cc1. The van der Waals surface area contributed by atoms with E-state index >= 15 is 0 Å². The summed E-state index contributed by atoms with van der Waals surface area (Å²) in [7, 11) is 1.61. The van der Waals surface area contributed by atoms with Crippen LogP contribution in [0.25, 0.3) is 10.9 Å². The van der Waals surface area contributed by atoms with E-state index in [9.17, 15) is 5.11 Å². The molecule has 1 aliphatic rings. The first-order valence-electron chi connectivity index (χ1n) is 13.2. The number of aliphatic hydroxyl groups excluding tert-OH is 1. The van der Waals surface area contributed by atoms with E-state index in [-0.39, 0.29) is 6.04 Å². The predicted molar refractivity (Wildman–Crippen MR) is 152 cm³/mol. The monoisotopic (exact) mass is 559 g/mol.